The standard InChI is InChI=1S/C21H18.2ClH.Zr/c1-15(21-13-19-8-4-5-9-20(19)14-21)10-16-11-17-6-2-3-7-18(17)12-16;;;/h2-9,11-15H,10H2,1H3;2*1H;/q-2;;;+4/p-2. The first-order chi connectivity index (χ1) is 10.3. The van der Waals surface area contributed by atoms with E-state index in [9.17, 15) is 0 Å². The predicted molar refractivity (Wildman–Crippen MR) is 91.2 cm³/mol. The van der Waals surface area contributed by atoms with Crippen molar-refractivity contribution < 1.29 is 51.0 Å². The molecule has 0 nitrogen and oxygen atoms in total. The summed E-state index contributed by atoms with van der Waals surface area (Å²) in [6.45, 7) is 2.33. The zero-order chi connectivity index (χ0) is 14.2. The summed E-state index contributed by atoms with van der Waals surface area (Å²) < 4.78 is 0. The second-order valence-electron chi connectivity index (χ2n) is 6.02. The Labute approximate surface area is 174 Å². The van der Waals surface area contributed by atoms with Crippen molar-refractivity contribution in [3.05, 3.63) is 83.9 Å². The summed E-state index contributed by atoms with van der Waals surface area (Å²) in [7, 11) is 0. The molecule has 0 N–H and O–H groups in total. The van der Waals surface area contributed by atoms with E-state index in [-0.39, 0.29) is 51.0 Å². The van der Waals surface area contributed by atoms with Crippen LogP contribution in [-0.2, 0) is 32.6 Å². The molecule has 1 atom stereocenters. The van der Waals surface area contributed by atoms with Gasteiger partial charge in [0.1, 0.15) is 0 Å². The van der Waals surface area contributed by atoms with Crippen LogP contribution in [0.3, 0.4) is 0 Å². The molecule has 0 fully saturated rings. The predicted octanol–water partition coefficient (Wildman–Crippen LogP) is -0.217. The average molecular weight is 433 g/mol. The van der Waals surface area contributed by atoms with E-state index < -0.39 is 0 Å². The van der Waals surface area contributed by atoms with E-state index in [1.165, 1.54) is 32.7 Å². The number of fused-ring (bicyclic) bond motifs is 2. The first kappa shape index (κ1) is 21.2. The van der Waals surface area contributed by atoms with Gasteiger partial charge in [-0.3, -0.25) is 0 Å². The molecule has 0 radical (unpaired) electrons. The first-order valence-electron chi connectivity index (χ1n) is 7.59. The molecule has 0 spiro atoms. The summed E-state index contributed by atoms with van der Waals surface area (Å²) in [6, 6.07) is 26.6. The molecule has 0 amide bonds. The van der Waals surface area contributed by atoms with Crippen molar-refractivity contribution in [1.29, 1.82) is 0 Å². The van der Waals surface area contributed by atoms with Crippen LogP contribution >= 0.6 is 0 Å². The fourth-order valence-corrected chi connectivity index (χ4v) is 3.26. The molecule has 24 heavy (non-hydrogen) atoms. The van der Waals surface area contributed by atoms with E-state index in [1.54, 1.807) is 0 Å². The van der Waals surface area contributed by atoms with E-state index in [2.05, 4.69) is 79.7 Å². The Morgan fingerprint density at radius 1 is 0.792 bits per heavy atom. The minimum absolute atomic E-state index is 0. The third-order valence-corrected chi connectivity index (χ3v) is 4.43. The number of hydrogen-bond donors (Lipinski definition) is 0. The molecule has 4 rings (SSSR count). The molecular weight excluding hydrogens is 414 g/mol. The topological polar surface area (TPSA) is 0 Å². The van der Waals surface area contributed by atoms with Gasteiger partial charge in [-0.2, -0.15) is 12.1 Å². The number of rotatable bonds is 3. The average Bonchev–Trinajstić information content (AvgIpc) is 3.10. The maximum atomic E-state index is 2.34. The fourth-order valence-electron chi connectivity index (χ4n) is 3.26. The Balaban J connectivity index is 0.000000960. The molecule has 0 aliphatic carbocycles. The van der Waals surface area contributed by atoms with E-state index in [4.69, 9.17) is 0 Å². The summed E-state index contributed by atoms with van der Waals surface area (Å²) in [5.41, 5.74) is 2.88. The summed E-state index contributed by atoms with van der Waals surface area (Å²) in [6.07, 6.45) is 1.10. The monoisotopic (exact) mass is 430 g/mol. The van der Waals surface area contributed by atoms with Gasteiger partial charge >= 0.3 is 26.2 Å². The second-order valence-corrected chi connectivity index (χ2v) is 6.02. The van der Waals surface area contributed by atoms with Crippen molar-refractivity contribution in [1.82, 2.24) is 0 Å². The summed E-state index contributed by atoms with van der Waals surface area (Å²) in [5, 5.41) is 5.42. The molecule has 0 bridgehead atoms. The van der Waals surface area contributed by atoms with Gasteiger partial charge < -0.3 is 24.8 Å². The number of benzene rings is 2. The van der Waals surface area contributed by atoms with Crippen LogP contribution in [0.25, 0.3) is 21.5 Å². The minimum atomic E-state index is 0. The summed E-state index contributed by atoms with van der Waals surface area (Å²) in [4.78, 5) is 0. The molecule has 0 saturated heterocycles. The summed E-state index contributed by atoms with van der Waals surface area (Å²) >= 11 is 0. The van der Waals surface area contributed by atoms with Crippen LogP contribution in [0.4, 0.5) is 0 Å². The molecule has 120 valence electrons. The van der Waals surface area contributed by atoms with Gasteiger partial charge in [-0.1, -0.05) is 19.1 Å². The van der Waals surface area contributed by atoms with Crippen molar-refractivity contribution >= 4 is 21.5 Å². The number of hydrogen-bond acceptors (Lipinski definition) is 0. The maximum Gasteiger partial charge on any atom is 4.00 e. The van der Waals surface area contributed by atoms with Crippen molar-refractivity contribution in [2.24, 2.45) is 0 Å². The van der Waals surface area contributed by atoms with Crippen molar-refractivity contribution in [2.45, 2.75) is 19.3 Å². The van der Waals surface area contributed by atoms with Gasteiger partial charge in [0.05, 0.1) is 0 Å². The van der Waals surface area contributed by atoms with Crippen LogP contribution < -0.4 is 24.8 Å². The van der Waals surface area contributed by atoms with Gasteiger partial charge in [0, 0.05) is 0 Å². The molecule has 4 aromatic carbocycles. The van der Waals surface area contributed by atoms with E-state index in [0.29, 0.717) is 5.92 Å². The SMILES string of the molecule is CC(Cc1cc2ccccc2[cH-]1)c1cc2ccccc2[cH-]1.[Cl-].[Cl-].[Zr+4]. The van der Waals surface area contributed by atoms with Crippen LogP contribution in [0.1, 0.15) is 24.0 Å². The van der Waals surface area contributed by atoms with Crippen LogP contribution in [0.15, 0.2) is 72.8 Å². The van der Waals surface area contributed by atoms with Gasteiger partial charge in [-0.05, 0) is 12.3 Å². The smallest absolute Gasteiger partial charge is 1.00 e. The van der Waals surface area contributed by atoms with Gasteiger partial charge in [0.25, 0.3) is 0 Å². The molecular formula is C21H18Cl2Zr. The van der Waals surface area contributed by atoms with Crippen LogP contribution in [0.5, 0.6) is 0 Å². The zero-order valence-corrected chi connectivity index (χ0v) is 17.4. The maximum absolute atomic E-state index is 2.34. The van der Waals surface area contributed by atoms with Crippen molar-refractivity contribution in [2.75, 3.05) is 0 Å². The fraction of sp³-hybridized carbons (Fsp3) is 0.143. The van der Waals surface area contributed by atoms with Gasteiger partial charge in [0.2, 0.25) is 0 Å². The Morgan fingerprint density at radius 2 is 1.33 bits per heavy atom. The first-order valence-corrected chi connectivity index (χ1v) is 7.59. The largest absolute Gasteiger partial charge is 4.00 e. The van der Waals surface area contributed by atoms with Gasteiger partial charge in [-0.15, -0.1) is 81.2 Å². The third-order valence-electron chi connectivity index (χ3n) is 4.43. The Hall–Kier alpha value is -0.877. The van der Waals surface area contributed by atoms with Crippen LogP contribution in [0.2, 0.25) is 0 Å². The zero-order valence-electron chi connectivity index (χ0n) is 13.5. The normalized spacial score (nSPS) is 11.4. The minimum Gasteiger partial charge on any atom is -1.00 e. The van der Waals surface area contributed by atoms with Crippen molar-refractivity contribution in [3.8, 4) is 0 Å². The summed E-state index contributed by atoms with van der Waals surface area (Å²) in [5.74, 6) is 0.550. The molecule has 0 aliphatic rings. The molecule has 0 heterocycles. The van der Waals surface area contributed by atoms with Gasteiger partial charge in [0.15, 0.2) is 0 Å². The van der Waals surface area contributed by atoms with Crippen LogP contribution in [0, 0.1) is 0 Å². The quantitative estimate of drug-likeness (QED) is 0.393. The molecule has 0 saturated carbocycles. The molecule has 0 aliphatic heterocycles. The van der Waals surface area contributed by atoms with Crippen molar-refractivity contribution in [3.63, 3.8) is 0 Å². The molecule has 0 aromatic heterocycles. The van der Waals surface area contributed by atoms with Crippen LogP contribution in [-0.4, -0.2) is 0 Å². The van der Waals surface area contributed by atoms with E-state index >= 15 is 0 Å². The van der Waals surface area contributed by atoms with E-state index in [1.807, 2.05) is 0 Å². The molecule has 4 aromatic rings. The van der Waals surface area contributed by atoms with E-state index in [0.717, 1.165) is 6.42 Å². The third kappa shape index (κ3) is 4.20. The second kappa shape index (κ2) is 9.00. The Bertz CT molecular complexity index is 838. The van der Waals surface area contributed by atoms with Gasteiger partial charge in [-0.25, -0.2) is 0 Å². The Morgan fingerprint density at radius 3 is 1.92 bits per heavy atom. The number of halogens is 2. The Kier molecular flexibility index (Phi) is 7.93. The molecule has 1 unspecified atom stereocenters. The molecule has 3 heteroatoms.